The van der Waals surface area contributed by atoms with Crippen LogP contribution in [0.1, 0.15) is 20.7 Å². The van der Waals surface area contributed by atoms with Crippen LogP contribution in [-0.2, 0) is 0 Å². The summed E-state index contributed by atoms with van der Waals surface area (Å²) in [4.78, 5) is 25.7. The van der Waals surface area contributed by atoms with E-state index in [0.717, 1.165) is 0 Å². The summed E-state index contributed by atoms with van der Waals surface area (Å²) in [6.07, 6.45) is 1.38. The Hall–Kier alpha value is -2.69. The molecule has 0 aliphatic heterocycles. The zero-order valence-corrected chi connectivity index (χ0v) is 9.20. The van der Waals surface area contributed by atoms with E-state index in [9.17, 15) is 9.59 Å². The molecule has 1 heterocycles. The average Bonchev–Trinajstić information content (AvgIpc) is 2.39. The van der Waals surface area contributed by atoms with Crippen molar-refractivity contribution in [2.24, 2.45) is 0 Å². The van der Waals surface area contributed by atoms with Crippen molar-refractivity contribution < 1.29 is 19.8 Å². The average molecular weight is 243 g/mol. The number of aromatic nitrogens is 1. The molecular weight excluding hydrogens is 234 g/mol. The minimum atomic E-state index is -1.05. The first-order valence-corrected chi connectivity index (χ1v) is 5.11. The topological polar surface area (TPSA) is 87.5 Å². The van der Waals surface area contributed by atoms with Crippen LogP contribution in [0, 0.1) is 0 Å². The number of benzene rings is 1. The Balaban J connectivity index is 2.48. The van der Waals surface area contributed by atoms with Crippen molar-refractivity contribution in [1.29, 1.82) is 0 Å². The third kappa shape index (κ3) is 2.35. The molecule has 0 unspecified atom stereocenters. The number of rotatable bonds is 3. The van der Waals surface area contributed by atoms with Gasteiger partial charge >= 0.3 is 11.9 Å². The normalized spacial score (nSPS) is 10.0. The molecule has 0 aliphatic carbocycles. The van der Waals surface area contributed by atoms with Gasteiger partial charge in [0.1, 0.15) is 0 Å². The van der Waals surface area contributed by atoms with E-state index in [1.54, 1.807) is 12.1 Å². The molecule has 90 valence electrons. The molecule has 5 nitrogen and oxygen atoms in total. The maximum Gasteiger partial charge on any atom is 0.335 e. The Morgan fingerprint density at radius 3 is 2.28 bits per heavy atom. The molecule has 2 aromatic rings. The Labute approximate surface area is 102 Å². The lowest BCUT2D eigenvalue weighted by Gasteiger charge is -2.03. The number of hydrogen-bond acceptors (Lipinski definition) is 3. The molecular formula is C13H9NO4. The van der Waals surface area contributed by atoms with E-state index in [0.29, 0.717) is 11.3 Å². The SMILES string of the molecule is O=C(O)c1cccc(-c2cc(C(=O)O)ccn2)c1. The molecule has 0 bridgehead atoms. The zero-order chi connectivity index (χ0) is 13.1. The van der Waals surface area contributed by atoms with Crippen molar-refractivity contribution in [1.82, 2.24) is 4.98 Å². The van der Waals surface area contributed by atoms with Crippen LogP contribution < -0.4 is 0 Å². The summed E-state index contributed by atoms with van der Waals surface area (Å²) < 4.78 is 0. The lowest BCUT2D eigenvalue weighted by atomic mass is 10.1. The van der Waals surface area contributed by atoms with Gasteiger partial charge in [0.15, 0.2) is 0 Å². The van der Waals surface area contributed by atoms with Crippen molar-refractivity contribution in [2.75, 3.05) is 0 Å². The van der Waals surface area contributed by atoms with Gasteiger partial charge < -0.3 is 10.2 Å². The minimum absolute atomic E-state index is 0.112. The van der Waals surface area contributed by atoms with Gasteiger partial charge in [-0.15, -0.1) is 0 Å². The van der Waals surface area contributed by atoms with Crippen molar-refractivity contribution in [3.63, 3.8) is 0 Å². The van der Waals surface area contributed by atoms with Crippen LogP contribution in [-0.4, -0.2) is 27.1 Å². The van der Waals surface area contributed by atoms with Crippen molar-refractivity contribution >= 4 is 11.9 Å². The molecule has 0 fully saturated rings. The summed E-state index contributed by atoms with van der Waals surface area (Å²) in [5.74, 6) is -2.08. The van der Waals surface area contributed by atoms with E-state index in [1.165, 1.54) is 30.5 Å². The molecule has 0 saturated heterocycles. The van der Waals surface area contributed by atoms with E-state index in [-0.39, 0.29) is 11.1 Å². The molecule has 0 amide bonds. The standard InChI is InChI=1S/C13H9NO4/c15-12(16)9-3-1-2-8(6-9)11-7-10(13(17)18)4-5-14-11/h1-7H,(H,15,16)(H,17,18). The first-order valence-electron chi connectivity index (χ1n) is 5.11. The summed E-state index contributed by atoms with van der Waals surface area (Å²) >= 11 is 0. The van der Waals surface area contributed by atoms with Gasteiger partial charge in [0.05, 0.1) is 16.8 Å². The van der Waals surface area contributed by atoms with Gasteiger partial charge in [-0.25, -0.2) is 9.59 Å². The molecule has 2 N–H and O–H groups in total. The lowest BCUT2D eigenvalue weighted by Crippen LogP contribution is -1.99. The third-order valence-electron chi connectivity index (χ3n) is 2.41. The summed E-state index contributed by atoms with van der Waals surface area (Å²) in [5, 5.41) is 17.8. The monoisotopic (exact) mass is 243 g/mol. The van der Waals surface area contributed by atoms with Crippen LogP contribution in [0.25, 0.3) is 11.3 Å². The molecule has 0 radical (unpaired) electrons. The molecule has 0 aliphatic rings. The van der Waals surface area contributed by atoms with E-state index in [1.807, 2.05) is 0 Å². The lowest BCUT2D eigenvalue weighted by molar-refractivity contribution is 0.0686. The number of carboxylic acids is 2. The number of carbonyl (C=O) groups is 2. The number of pyridine rings is 1. The smallest absolute Gasteiger partial charge is 0.335 e. The highest BCUT2D eigenvalue weighted by molar-refractivity contribution is 5.90. The number of nitrogens with zero attached hydrogens (tertiary/aromatic N) is 1. The fourth-order valence-electron chi connectivity index (χ4n) is 1.53. The molecule has 0 spiro atoms. The first kappa shape index (κ1) is 11.8. The van der Waals surface area contributed by atoms with Gasteiger partial charge in [-0.3, -0.25) is 4.98 Å². The number of carboxylic acid groups (broad SMARTS) is 2. The summed E-state index contributed by atoms with van der Waals surface area (Å²) in [6.45, 7) is 0. The van der Waals surface area contributed by atoms with E-state index >= 15 is 0 Å². The Morgan fingerprint density at radius 2 is 1.61 bits per heavy atom. The van der Waals surface area contributed by atoms with Crippen LogP contribution in [0.15, 0.2) is 42.6 Å². The summed E-state index contributed by atoms with van der Waals surface area (Å²) in [5.41, 5.74) is 1.24. The highest BCUT2D eigenvalue weighted by Crippen LogP contribution is 2.19. The molecule has 1 aromatic heterocycles. The summed E-state index contributed by atoms with van der Waals surface area (Å²) in [6, 6.07) is 8.98. The molecule has 18 heavy (non-hydrogen) atoms. The molecule has 2 rings (SSSR count). The van der Waals surface area contributed by atoms with Crippen molar-refractivity contribution in [3.8, 4) is 11.3 Å². The highest BCUT2D eigenvalue weighted by Gasteiger charge is 2.08. The van der Waals surface area contributed by atoms with Crippen LogP contribution in [0.2, 0.25) is 0 Å². The first-order chi connectivity index (χ1) is 8.58. The Bertz CT molecular complexity index is 566. The maximum atomic E-state index is 10.8. The van der Waals surface area contributed by atoms with Gasteiger partial charge in [0.25, 0.3) is 0 Å². The predicted molar refractivity (Wildman–Crippen MR) is 63.6 cm³/mol. The zero-order valence-electron chi connectivity index (χ0n) is 9.20. The summed E-state index contributed by atoms with van der Waals surface area (Å²) in [7, 11) is 0. The fraction of sp³-hybridized carbons (Fsp3) is 0. The minimum Gasteiger partial charge on any atom is -0.478 e. The maximum absolute atomic E-state index is 10.8. The predicted octanol–water partition coefficient (Wildman–Crippen LogP) is 2.15. The van der Waals surface area contributed by atoms with Crippen molar-refractivity contribution in [2.45, 2.75) is 0 Å². The van der Waals surface area contributed by atoms with E-state index < -0.39 is 11.9 Å². The quantitative estimate of drug-likeness (QED) is 0.862. The van der Waals surface area contributed by atoms with Crippen LogP contribution in [0.3, 0.4) is 0 Å². The third-order valence-corrected chi connectivity index (χ3v) is 2.41. The van der Waals surface area contributed by atoms with Gasteiger partial charge in [-0.2, -0.15) is 0 Å². The number of aromatic carboxylic acids is 2. The second-order valence-corrected chi connectivity index (χ2v) is 3.62. The Morgan fingerprint density at radius 1 is 0.944 bits per heavy atom. The molecule has 1 aromatic carbocycles. The van der Waals surface area contributed by atoms with Crippen LogP contribution >= 0.6 is 0 Å². The van der Waals surface area contributed by atoms with Gasteiger partial charge in [0, 0.05) is 11.8 Å². The van der Waals surface area contributed by atoms with E-state index in [2.05, 4.69) is 4.98 Å². The van der Waals surface area contributed by atoms with Gasteiger partial charge in [-0.05, 0) is 24.3 Å². The van der Waals surface area contributed by atoms with Gasteiger partial charge in [-0.1, -0.05) is 12.1 Å². The molecule has 0 saturated carbocycles. The van der Waals surface area contributed by atoms with Crippen molar-refractivity contribution in [3.05, 3.63) is 53.7 Å². The van der Waals surface area contributed by atoms with Crippen LogP contribution in [0.4, 0.5) is 0 Å². The number of hydrogen-bond donors (Lipinski definition) is 2. The fourth-order valence-corrected chi connectivity index (χ4v) is 1.53. The van der Waals surface area contributed by atoms with Gasteiger partial charge in [0.2, 0.25) is 0 Å². The largest absolute Gasteiger partial charge is 0.478 e. The van der Waals surface area contributed by atoms with Crippen LogP contribution in [0.5, 0.6) is 0 Å². The molecule has 5 heteroatoms. The second kappa shape index (κ2) is 4.67. The Kier molecular flexibility index (Phi) is 3.05. The highest BCUT2D eigenvalue weighted by atomic mass is 16.4. The molecule has 0 atom stereocenters. The van der Waals surface area contributed by atoms with E-state index in [4.69, 9.17) is 10.2 Å². The second-order valence-electron chi connectivity index (χ2n) is 3.62.